The number of nitrogens with zero attached hydrogens (tertiary/aromatic N) is 4. The van der Waals surface area contributed by atoms with E-state index in [1.807, 2.05) is 32.2 Å². The molecule has 3 N–H and O–H groups in total. The van der Waals surface area contributed by atoms with Crippen LogP contribution in [0.15, 0.2) is 53.6 Å². The fraction of sp³-hybridized carbons (Fsp3) is 0.360. The highest BCUT2D eigenvalue weighted by Crippen LogP contribution is 2.34. The molecule has 0 saturated carbocycles. The third kappa shape index (κ3) is 6.07. The molecule has 198 valence electrons. The van der Waals surface area contributed by atoms with Gasteiger partial charge in [-0.2, -0.15) is 4.98 Å². The maximum Gasteiger partial charge on any atom is 0.244 e. The van der Waals surface area contributed by atoms with Gasteiger partial charge >= 0.3 is 0 Å². The van der Waals surface area contributed by atoms with Crippen molar-refractivity contribution in [1.29, 1.82) is 0 Å². The smallest absolute Gasteiger partial charge is 0.244 e. The largest absolute Gasteiger partial charge is 0.492 e. The number of para-hydroxylation sites is 1. The van der Waals surface area contributed by atoms with E-state index >= 15 is 0 Å². The van der Waals surface area contributed by atoms with Crippen LogP contribution in [0.2, 0.25) is 5.02 Å². The van der Waals surface area contributed by atoms with E-state index in [0.717, 1.165) is 29.5 Å². The number of aromatic nitrogens is 2. The van der Waals surface area contributed by atoms with Crippen LogP contribution in [0.1, 0.15) is 13.3 Å². The van der Waals surface area contributed by atoms with Crippen molar-refractivity contribution in [3.05, 3.63) is 53.7 Å². The normalized spacial score (nSPS) is 15.7. The van der Waals surface area contributed by atoms with Gasteiger partial charge in [0.1, 0.15) is 15.7 Å². The Bertz CT molecular complexity index is 1350. The number of ether oxygens (including phenoxy) is 1. The lowest BCUT2D eigenvalue weighted by Gasteiger charge is -2.21. The van der Waals surface area contributed by atoms with Crippen LogP contribution in [-0.2, 0) is 10.0 Å². The lowest BCUT2D eigenvalue weighted by atomic mass is 10.2. The summed E-state index contributed by atoms with van der Waals surface area (Å²) < 4.78 is 32.6. The summed E-state index contributed by atoms with van der Waals surface area (Å²) in [5, 5.41) is 9.84. The number of hydrogen-bond acceptors (Lipinski definition) is 9. The molecule has 2 heterocycles. The van der Waals surface area contributed by atoms with E-state index in [-0.39, 0.29) is 21.7 Å². The molecule has 3 aromatic rings. The van der Waals surface area contributed by atoms with Gasteiger partial charge in [0.25, 0.3) is 0 Å². The number of rotatable bonds is 10. The molecular formula is C25H32ClN7O3S. The molecule has 1 saturated heterocycles. The van der Waals surface area contributed by atoms with Gasteiger partial charge in [-0.1, -0.05) is 23.7 Å². The van der Waals surface area contributed by atoms with Crippen LogP contribution >= 0.6 is 11.6 Å². The molecule has 10 nitrogen and oxygen atoms in total. The fourth-order valence-electron chi connectivity index (χ4n) is 4.07. The van der Waals surface area contributed by atoms with Crippen molar-refractivity contribution in [3.63, 3.8) is 0 Å². The summed E-state index contributed by atoms with van der Waals surface area (Å²) in [6.45, 7) is 4.35. The van der Waals surface area contributed by atoms with Crippen LogP contribution in [0.3, 0.4) is 0 Å². The van der Waals surface area contributed by atoms with Crippen LogP contribution in [0, 0.1) is 0 Å². The summed E-state index contributed by atoms with van der Waals surface area (Å²) in [7, 11) is 1.27. The molecule has 0 amide bonds. The van der Waals surface area contributed by atoms with Crippen molar-refractivity contribution in [2.24, 2.45) is 0 Å². The molecule has 4 rings (SSSR count). The van der Waals surface area contributed by atoms with Gasteiger partial charge in [0.05, 0.1) is 24.2 Å². The van der Waals surface area contributed by atoms with E-state index in [1.165, 1.54) is 26.4 Å². The minimum Gasteiger partial charge on any atom is -0.492 e. The van der Waals surface area contributed by atoms with Gasteiger partial charge in [-0.05, 0) is 44.7 Å². The minimum atomic E-state index is -3.68. The third-order valence-corrected chi connectivity index (χ3v) is 8.27. The Morgan fingerprint density at radius 1 is 1.16 bits per heavy atom. The minimum absolute atomic E-state index is 0.112. The van der Waals surface area contributed by atoms with Crippen LogP contribution in [-0.4, -0.2) is 69.6 Å². The second-order valence-electron chi connectivity index (χ2n) is 8.76. The molecule has 1 aliphatic rings. The molecule has 1 atom stereocenters. The second-order valence-corrected chi connectivity index (χ2v) is 11.3. The number of nitrogens with one attached hydrogen (secondary N) is 3. The number of benzene rings is 2. The Morgan fingerprint density at radius 2 is 1.95 bits per heavy atom. The van der Waals surface area contributed by atoms with E-state index in [4.69, 9.17) is 16.3 Å². The lowest BCUT2D eigenvalue weighted by Crippen LogP contribution is -2.29. The summed E-state index contributed by atoms with van der Waals surface area (Å²) in [6, 6.07) is 13.1. The molecule has 12 heteroatoms. The summed E-state index contributed by atoms with van der Waals surface area (Å²) in [4.78, 5) is 11.2. The van der Waals surface area contributed by atoms with Crippen molar-refractivity contribution < 1.29 is 13.2 Å². The standard InChI is InChI=1S/C25H32ClN7O3S/c1-5-36-22-14-18(33-13-12-17(16-33)27-2)10-11-20(22)30-25-28-15-19(26)24(31-25)29-21-8-6-7-9-23(21)37(34,35)32(3)4/h6-11,14-15,17,27H,5,12-13,16H2,1-4H3,(H2,28,29,30,31)/t17-/m0/s1. The number of sulfonamides is 1. The molecule has 1 aliphatic heterocycles. The summed E-state index contributed by atoms with van der Waals surface area (Å²) in [5.74, 6) is 1.23. The fourth-order valence-corrected chi connectivity index (χ4v) is 5.25. The Morgan fingerprint density at radius 3 is 2.65 bits per heavy atom. The number of hydrogen-bond donors (Lipinski definition) is 3. The molecule has 37 heavy (non-hydrogen) atoms. The van der Waals surface area contributed by atoms with Crippen molar-refractivity contribution in [2.75, 3.05) is 56.4 Å². The molecule has 1 aromatic heterocycles. The lowest BCUT2D eigenvalue weighted by molar-refractivity contribution is 0.342. The second kappa shape index (κ2) is 11.5. The average Bonchev–Trinajstić information content (AvgIpc) is 3.37. The molecule has 2 aromatic carbocycles. The van der Waals surface area contributed by atoms with Gasteiger partial charge in [-0.15, -0.1) is 0 Å². The Balaban J connectivity index is 1.60. The van der Waals surface area contributed by atoms with Crippen LogP contribution in [0.4, 0.5) is 28.8 Å². The van der Waals surface area contributed by atoms with Gasteiger partial charge in [-0.3, -0.25) is 0 Å². The molecule has 0 unspecified atom stereocenters. The van der Waals surface area contributed by atoms with Gasteiger partial charge in [0.15, 0.2) is 5.82 Å². The maximum atomic E-state index is 12.8. The quantitative estimate of drug-likeness (QED) is 0.347. The van der Waals surface area contributed by atoms with Gasteiger partial charge in [-0.25, -0.2) is 17.7 Å². The first-order valence-corrected chi connectivity index (χ1v) is 13.8. The van der Waals surface area contributed by atoms with Gasteiger partial charge < -0.3 is 25.6 Å². The van der Waals surface area contributed by atoms with Crippen LogP contribution in [0.25, 0.3) is 0 Å². The van der Waals surface area contributed by atoms with E-state index in [2.05, 4.69) is 30.8 Å². The van der Waals surface area contributed by atoms with E-state index < -0.39 is 10.0 Å². The number of anilines is 5. The maximum absolute atomic E-state index is 12.8. The summed E-state index contributed by atoms with van der Waals surface area (Å²) in [6.07, 6.45) is 2.55. The molecule has 0 aliphatic carbocycles. The topological polar surface area (TPSA) is 112 Å². The Kier molecular flexibility index (Phi) is 8.38. The zero-order valence-corrected chi connectivity index (χ0v) is 22.9. The molecule has 0 spiro atoms. The first-order chi connectivity index (χ1) is 17.7. The predicted molar refractivity (Wildman–Crippen MR) is 148 cm³/mol. The van der Waals surface area contributed by atoms with Crippen LogP contribution in [0.5, 0.6) is 5.75 Å². The van der Waals surface area contributed by atoms with Gasteiger partial charge in [0.2, 0.25) is 16.0 Å². The first-order valence-electron chi connectivity index (χ1n) is 12.0. The predicted octanol–water partition coefficient (Wildman–Crippen LogP) is 4.06. The summed E-state index contributed by atoms with van der Waals surface area (Å²) >= 11 is 6.37. The highest BCUT2D eigenvalue weighted by molar-refractivity contribution is 7.89. The van der Waals surface area contributed by atoms with Crippen LogP contribution < -0.4 is 25.6 Å². The number of likely N-dealkylation sites (N-methyl/N-ethyl adjacent to an activating group) is 1. The molecule has 1 fully saturated rings. The Hall–Kier alpha value is -3.12. The van der Waals surface area contributed by atoms with Gasteiger partial charge in [0, 0.05) is 45.0 Å². The van der Waals surface area contributed by atoms with Crippen molar-refractivity contribution in [1.82, 2.24) is 19.6 Å². The third-order valence-electron chi connectivity index (χ3n) is 6.12. The monoisotopic (exact) mass is 545 g/mol. The zero-order chi connectivity index (χ0) is 26.6. The molecular weight excluding hydrogens is 514 g/mol. The summed E-state index contributed by atoms with van der Waals surface area (Å²) in [5.41, 5.74) is 2.15. The zero-order valence-electron chi connectivity index (χ0n) is 21.3. The van der Waals surface area contributed by atoms with Crippen molar-refractivity contribution in [3.8, 4) is 5.75 Å². The van der Waals surface area contributed by atoms with E-state index in [0.29, 0.717) is 29.8 Å². The average molecular weight is 546 g/mol. The SMILES string of the molecule is CCOc1cc(N2CC[C@H](NC)C2)ccc1Nc1ncc(Cl)c(Nc2ccccc2S(=O)(=O)N(C)C)n1. The number of halogens is 1. The molecule has 0 bridgehead atoms. The highest BCUT2D eigenvalue weighted by atomic mass is 35.5. The molecule has 0 radical (unpaired) electrons. The Labute approximate surface area is 223 Å². The van der Waals surface area contributed by atoms with Crippen molar-refractivity contribution in [2.45, 2.75) is 24.3 Å². The highest BCUT2D eigenvalue weighted by Gasteiger charge is 2.23. The van der Waals surface area contributed by atoms with E-state index in [1.54, 1.807) is 18.2 Å². The first kappa shape index (κ1) is 26.9. The van der Waals surface area contributed by atoms with E-state index in [9.17, 15) is 8.42 Å². The van der Waals surface area contributed by atoms with Crippen molar-refractivity contribution >= 4 is 50.5 Å².